The highest BCUT2D eigenvalue weighted by Gasteiger charge is 2.21. The van der Waals surface area contributed by atoms with Crippen molar-refractivity contribution in [2.75, 3.05) is 63.8 Å². The Balaban J connectivity index is 0.00000363. The van der Waals surface area contributed by atoms with Gasteiger partial charge in [-0.25, -0.2) is 0 Å². The van der Waals surface area contributed by atoms with Gasteiger partial charge in [0, 0.05) is 64.0 Å². The van der Waals surface area contributed by atoms with E-state index in [4.69, 9.17) is 0 Å². The second-order valence-corrected chi connectivity index (χ2v) is 8.47. The molecule has 0 spiro atoms. The molecule has 2 aliphatic heterocycles. The zero-order chi connectivity index (χ0) is 21.9. The third kappa shape index (κ3) is 8.42. The number of nitrogens with zero attached hydrogens (tertiary/aromatic N) is 4. The molecule has 1 amide bonds. The number of benzene rings is 1. The molecule has 2 aliphatic rings. The van der Waals surface area contributed by atoms with Crippen LogP contribution in [0, 0.1) is 0 Å². The van der Waals surface area contributed by atoms with Gasteiger partial charge in [0.1, 0.15) is 0 Å². The van der Waals surface area contributed by atoms with Crippen molar-refractivity contribution in [2.45, 2.75) is 45.6 Å². The normalized spacial score (nSPS) is 18.2. The monoisotopic (exact) mass is 556 g/mol. The van der Waals surface area contributed by atoms with E-state index >= 15 is 0 Å². The second kappa shape index (κ2) is 14.6. The van der Waals surface area contributed by atoms with Crippen molar-refractivity contribution in [3.8, 4) is 0 Å². The van der Waals surface area contributed by atoms with Crippen molar-refractivity contribution in [3.63, 3.8) is 0 Å². The van der Waals surface area contributed by atoms with Gasteiger partial charge in [0.15, 0.2) is 5.96 Å². The number of nitrogens with one attached hydrogen (secondary N) is 2. The average Bonchev–Trinajstić information content (AvgIpc) is 2.81. The minimum atomic E-state index is 0. The lowest BCUT2D eigenvalue weighted by Crippen LogP contribution is -2.49. The van der Waals surface area contributed by atoms with Gasteiger partial charge in [-0.3, -0.25) is 9.79 Å². The van der Waals surface area contributed by atoms with Crippen molar-refractivity contribution in [2.24, 2.45) is 4.99 Å². The maximum atomic E-state index is 12.7. The van der Waals surface area contributed by atoms with Gasteiger partial charge < -0.3 is 25.3 Å². The number of amides is 1. The largest absolute Gasteiger partial charge is 0.368 e. The van der Waals surface area contributed by atoms with Crippen LogP contribution in [-0.2, 0) is 4.79 Å². The summed E-state index contributed by atoms with van der Waals surface area (Å²) in [6.07, 6.45) is 3.98. The summed E-state index contributed by atoms with van der Waals surface area (Å²) in [4.78, 5) is 24.2. The summed E-state index contributed by atoms with van der Waals surface area (Å²) < 4.78 is 0. The van der Waals surface area contributed by atoms with E-state index in [2.05, 4.69) is 63.5 Å². The van der Waals surface area contributed by atoms with Crippen molar-refractivity contribution >= 4 is 41.5 Å². The number of rotatable bonds is 8. The highest BCUT2D eigenvalue weighted by molar-refractivity contribution is 14.0. The minimum absolute atomic E-state index is 0. The molecule has 0 aliphatic carbocycles. The number of carbonyl (C=O) groups excluding carboxylic acids is 1. The first-order chi connectivity index (χ1) is 15.2. The molecule has 1 aromatic carbocycles. The van der Waals surface area contributed by atoms with E-state index in [1.54, 1.807) is 0 Å². The summed E-state index contributed by atoms with van der Waals surface area (Å²) in [5, 5.41) is 6.91. The molecular formula is C24H41IN6O. The molecular weight excluding hydrogens is 515 g/mol. The number of piperidine rings is 1. The molecule has 2 heterocycles. The molecule has 7 nitrogen and oxygen atoms in total. The van der Waals surface area contributed by atoms with Gasteiger partial charge in [-0.15, -0.1) is 24.0 Å². The summed E-state index contributed by atoms with van der Waals surface area (Å²) in [6, 6.07) is 10.9. The maximum Gasteiger partial charge on any atom is 0.224 e. The van der Waals surface area contributed by atoms with E-state index < -0.39 is 0 Å². The van der Waals surface area contributed by atoms with E-state index in [1.807, 2.05) is 11.0 Å². The Hall–Kier alpha value is -1.55. The lowest BCUT2D eigenvalue weighted by atomic mass is 10.1. The first-order valence-corrected chi connectivity index (χ1v) is 12.0. The Labute approximate surface area is 211 Å². The van der Waals surface area contributed by atoms with Crippen LogP contribution in [0.2, 0.25) is 0 Å². The zero-order valence-electron chi connectivity index (χ0n) is 19.8. The van der Waals surface area contributed by atoms with Crippen LogP contribution in [-0.4, -0.2) is 86.6 Å². The second-order valence-electron chi connectivity index (χ2n) is 8.47. The van der Waals surface area contributed by atoms with E-state index in [0.29, 0.717) is 19.0 Å². The van der Waals surface area contributed by atoms with E-state index in [0.717, 1.165) is 64.6 Å². The first kappa shape index (κ1) is 26.7. The topological polar surface area (TPSA) is 63.2 Å². The SMILES string of the molecule is CCCN1CCC(NC(=NCCC(=O)N2CCN(c3ccccc3)CC2)NCC)CC1.I. The predicted octanol–water partition coefficient (Wildman–Crippen LogP) is 2.77. The lowest BCUT2D eigenvalue weighted by molar-refractivity contribution is -0.131. The Kier molecular flexibility index (Phi) is 12.2. The lowest BCUT2D eigenvalue weighted by Gasteiger charge is -2.36. The molecule has 2 fully saturated rings. The van der Waals surface area contributed by atoms with Crippen molar-refractivity contribution < 1.29 is 4.79 Å². The molecule has 1 aromatic rings. The number of anilines is 1. The molecule has 3 rings (SSSR count). The summed E-state index contributed by atoms with van der Waals surface area (Å²) in [6.45, 7) is 12.5. The standard InChI is InChI=1S/C24H40N6O.HI/c1-3-14-28-15-11-21(12-16-28)27-24(25-4-2)26-13-10-23(31)30-19-17-29(18-20-30)22-8-6-5-7-9-22;/h5-9,21H,3-4,10-20H2,1-2H3,(H2,25,26,27);1H. The number of carbonyl (C=O) groups is 1. The molecule has 0 unspecified atom stereocenters. The highest BCUT2D eigenvalue weighted by atomic mass is 127. The third-order valence-electron chi connectivity index (χ3n) is 6.16. The number of piperazine rings is 1. The molecule has 0 saturated carbocycles. The number of hydrogen-bond donors (Lipinski definition) is 2. The highest BCUT2D eigenvalue weighted by Crippen LogP contribution is 2.16. The number of para-hydroxylation sites is 1. The predicted molar refractivity (Wildman–Crippen MR) is 144 cm³/mol. The van der Waals surface area contributed by atoms with Gasteiger partial charge in [-0.2, -0.15) is 0 Å². The molecule has 0 atom stereocenters. The maximum absolute atomic E-state index is 12.7. The van der Waals surface area contributed by atoms with Crippen LogP contribution in [0.15, 0.2) is 35.3 Å². The van der Waals surface area contributed by atoms with E-state index in [-0.39, 0.29) is 29.9 Å². The van der Waals surface area contributed by atoms with Crippen LogP contribution in [0.4, 0.5) is 5.69 Å². The van der Waals surface area contributed by atoms with Gasteiger partial charge >= 0.3 is 0 Å². The van der Waals surface area contributed by atoms with Crippen LogP contribution in [0.25, 0.3) is 0 Å². The van der Waals surface area contributed by atoms with E-state index in [1.165, 1.54) is 18.7 Å². The molecule has 2 N–H and O–H groups in total. The van der Waals surface area contributed by atoms with Crippen LogP contribution < -0.4 is 15.5 Å². The number of guanidine groups is 1. The van der Waals surface area contributed by atoms with Crippen molar-refractivity contribution in [3.05, 3.63) is 30.3 Å². The summed E-state index contributed by atoms with van der Waals surface area (Å²) >= 11 is 0. The molecule has 0 aromatic heterocycles. The fourth-order valence-corrected chi connectivity index (χ4v) is 4.40. The first-order valence-electron chi connectivity index (χ1n) is 12.0. The Morgan fingerprint density at radius 1 is 1.03 bits per heavy atom. The van der Waals surface area contributed by atoms with Gasteiger partial charge in [-0.05, 0) is 44.9 Å². The van der Waals surface area contributed by atoms with Crippen molar-refractivity contribution in [1.29, 1.82) is 0 Å². The molecule has 0 radical (unpaired) electrons. The summed E-state index contributed by atoms with van der Waals surface area (Å²) in [5.41, 5.74) is 1.24. The summed E-state index contributed by atoms with van der Waals surface area (Å²) in [5.74, 6) is 1.05. The van der Waals surface area contributed by atoms with Gasteiger partial charge in [0.05, 0.1) is 6.54 Å². The van der Waals surface area contributed by atoms with Gasteiger partial charge in [-0.1, -0.05) is 25.1 Å². The molecule has 0 bridgehead atoms. The number of hydrogen-bond acceptors (Lipinski definition) is 4. The fourth-order valence-electron chi connectivity index (χ4n) is 4.40. The minimum Gasteiger partial charge on any atom is -0.368 e. The molecule has 32 heavy (non-hydrogen) atoms. The van der Waals surface area contributed by atoms with Gasteiger partial charge in [0.25, 0.3) is 0 Å². The van der Waals surface area contributed by atoms with Crippen LogP contribution >= 0.6 is 24.0 Å². The Bertz CT molecular complexity index is 685. The van der Waals surface area contributed by atoms with Gasteiger partial charge in [0.2, 0.25) is 5.91 Å². The number of likely N-dealkylation sites (tertiary alicyclic amines) is 1. The third-order valence-corrected chi connectivity index (χ3v) is 6.16. The smallest absolute Gasteiger partial charge is 0.224 e. The van der Waals surface area contributed by atoms with Crippen LogP contribution in [0.5, 0.6) is 0 Å². The molecule has 2 saturated heterocycles. The van der Waals surface area contributed by atoms with Crippen LogP contribution in [0.3, 0.4) is 0 Å². The molecule has 8 heteroatoms. The Morgan fingerprint density at radius 3 is 2.34 bits per heavy atom. The fraction of sp³-hybridized carbons (Fsp3) is 0.667. The number of aliphatic imine (C=N–C) groups is 1. The average molecular weight is 557 g/mol. The Morgan fingerprint density at radius 2 is 1.72 bits per heavy atom. The van der Waals surface area contributed by atoms with Crippen LogP contribution in [0.1, 0.15) is 39.5 Å². The summed E-state index contributed by atoms with van der Waals surface area (Å²) in [7, 11) is 0. The van der Waals surface area contributed by atoms with E-state index in [9.17, 15) is 4.79 Å². The quantitative estimate of drug-likeness (QED) is 0.293. The van der Waals surface area contributed by atoms with Crippen molar-refractivity contribution in [1.82, 2.24) is 20.4 Å². The number of halogens is 1. The zero-order valence-corrected chi connectivity index (χ0v) is 22.1. The molecule has 180 valence electrons.